The third-order valence-electron chi connectivity index (χ3n) is 2.15. The Hall–Kier alpha value is -1.65. The van der Waals surface area contributed by atoms with E-state index in [1.165, 1.54) is 0 Å². The Labute approximate surface area is 94.1 Å². The van der Waals surface area contributed by atoms with Gasteiger partial charge in [-0.05, 0) is 12.3 Å². The summed E-state index contributed by atoms with van der Waals surface area (Å²) in [5, 5.41) is 0. The van der Waals surface area contributed by atoms with E-state index in [9.17, 15) is 9.59 Å². The van der Waals surface area contributed by atoms with Crippen LogP contribution >= 0.6 is 0 Å². The molecule has 0 spiro atoms. The van der Waals surface area contributed by atoms with Crippen LogP contribution in [-0.4, -0.2) is 15.9 Å². The van der Waals surface area contributed by atoms with Gasteiger partial charge in [0.1, 0.15) is 5.69 Å². The average molecular weight is 223 g/mol. The second-order valence-corrected chi connectivity index (χ2v) is 4.25. The predicted octanol–water partition coefficient (Wildman–Crippen LogP) is 0.386. The largest absolute Gasteiger partial charge is 0.370 e. The van der Waals surface area contributed by atoms with Gasteiger partial charge in [0.25, 0.3) is 5.56 Å². The molecule has 1 aromatic rings. The number of aryl methyl sites for hydroxylation is 1. The molecule has 5 nitrogen and oxygen atoms in total. The molecule has 5 heteroatoms. The Morgan fingerprint density at radius 2 is 2.25 bits per heavy atom. The summed E-state index contributed by atoms with van der Waals surface area (Å²) in [7, 11) is 0. The molecule has 16 heavy (non-hydrogen) atoms. The Morgan fingerprint density at radius 3 is 2.75 bits per heavy atom. The van der Waals surface area contributed by atoms with E-state index in [2.05, 4.69) is 23.8 Å². The summed E-state index contributed by atoms with van der Waals surface area (Å²) < 4.78 is 0. The molecule has 0 aliphatic rings. The number of nitrogens with two attached hydrogens (primary N) is 1. The maximum atomic E-state index is 11.6. The van der Waals surface area contributed by atoms with Gasteiger partial charge in [0.05, 0.1) is 0 Å². The maximum absolute atomic E-state index is 11.6. The van der Waals surface area contributed by atoms with Crippen LogP contribution in [0, 0.1) is 5.92 Å². The first kappa shape index (κ1) is 12.4. The van der Waals surface area contributed by atoms with Gasteiger partial charge < -0.3 is 10.7 Å². The van der Waals surface area contributed by atoms with Crippen molar-refractivity contribution in [3.8, 4) is 0 Å². The van der Waals surface area contributed by atoms with Crippen molar-refractivity contribution in [1.82, 2.24) is 9.97 Å². The molecule has 0 aliphatic carbocycles. The van der Waals surface area contributed by atoms with E-state index in [1.54, 1.807) is 6.20 Å². The summed E-state index contributed by atoms with van der Waals surface area (Å²) in [6.07, 6.45) is 2.89. The van der Waals surface area contributed by atoms with Crippen molar-refractivity contribution in [2.75, 3.05) is 0 Å². The molecule has 88 valence electrons. The Morgan fingerprint density at radius 1 is 1.56 bits per heavy atom. The Bertz CT molecular complexity index is 423. The molecule has 1 heterocycles. The lowest BCUT2D eigenvalue weighted by Gasteiger charge is -2.05. The number of carbonyl (C=O) groups is 1. The van der Waals surface area contributed by atoms with Gasteiger partial charge in [-0.15, -0.1) is 0 Å². The van der Waals surface area contributed by atoms with Crippen molar-refractivity contribution in [2.24, 2.45) is 11.7 Å². The fraction of sp³-hybridized carbons (Fsp3) is 0.545. The number of amides is 1. The number of hydrogen-bond donors (Lipinski definition) is 2. The summed E-state index contributed by atoms with van der Waals surface area (Å²) in [5.41, 5.74) is 5.97. The quantitative estimate of drug-likeness (QED) is 0.756. The third-order valence-corrected chi connectivity index (χ3v) is 2.15. The van der Waals surface area contributed by atoms with Crippen LogP contribution in [0.1, 0.15) is 31.7 Å². The first-order valence-electron chi connectivity index (χ1n) is 5.34. The molecule has 1 aromatic heterocycles. The van der Waals surface area contributed by atoms with E-state index in [0.717, 1.165) is 12.1 Å². The highest BCUT2D eigenvalue weighted by Crippen LogP contribution is 2.02. The van der Waals surface area contributed by atoms with Crippen LogP contribution in [-0.2, 0) is 17.6 Å². The van der Waals surface area contributed by atoms with E-state index in [1.807, 2.05) is 0 Å². The number of nitrogens with one attached hydrogen (secondary N) is 1. The van der Waals surface area contributed by atoms with Crippen LogP contribution in [0.3, 0.4) is 0 Å². The molecule has 0 aromatic carbocycles. The van der Waals surface area contributed by atoms with Crippen molar-refractivity contribution in [3.63, 3.8) is 0 Å². The summed E-state index contributed by atoms with van der Waals surface area (Å²) >= 11 is 0. The number of primary amides is 1. The fourth-order valence-corrected chi connectivity index (χ4v) is 1.43. The minimum Gasteiger partial charge on any atom is -0.370 e. The van der Waals surface area contributed by atoms with E-state index < -0.39 is 5.91 Å². The number of rotatable bonds is 5. The normalized spacial score (nSPS) is 10.7. The Kier molecular flexibility index (Phi) is 4.22. The van der Waals surface area contributed by atoms with E-state index >= 15 is 0 Å². The molecular formula is C11H17N3O2. The SMILES string of the molecule is CC(C)Cc1cnc(CCC(N)=O)c(=O)[nH]1. The van der Waals surface area contributed by atoms with Crippen molar-refractivity contribution in [2.45, 2.75) is 33.1 Å². The highest BCUT2D eigenvalue weighted by atomic mass is 16.1. The van der Waals surface area contributed by atoms with Gasteiger partial charge >= 0.3 is 0 Å². The van der Waals surface area contributed by atoms with Gasteiger partial charge in [0, 0.05) is 24.7 Å². The van der Waals surface area contributed by atoms with Gasteiger partial charge in [-0.2, -0.15) is 0 Å². The third kappa shape index (κ3) is 3.84. The number of H-pyrrole nitrogens is 1. The standard InChI is InChI=1S/C11H17N3O2/c1-7(2)5-8-6-13-9(11(16)14-8)3-4-10(12)15/h6-7H,3-5H2,1-2H3,(H2,12,15)(H,14,16). The molecular weight excluding hydrogens is 206 g/mol. The highest BCUT2D eigenvalue weighted by Gasteiger charge is 2.06. The number of hydrogen-bond acceptors (Lipinski definition) is 3. The number of carbonyl (C=O) groups excluding carboxylic acids is 1. The molecule has 0 saturated carbocycles. The monoisotopic (exact) mass is 223 g/mol. The van der Waals surface area contributed by atoms with Crippen molar-refractivity contribution >= 4 is 5.91 Å². The summed E-state index contributed by atoms with van der Waals surface area (Å²) in [5.74, 6) is 0.0429. The maximum Gasteiger partial charge on any atom is 0.269 e. The molecule has 0 atom stereocenters. The number of aromatic nitrogens is 2. The van der Waals surface area contributed by atoms with E-state index in [-0.39, 0.29) is 12.0 Å². The molecule has 0 saturated heterocycles. The molecule has 0 bridgehead atoms. The van der Waals surface area contributed by atoms with E-state index in [4.69, 9.17) is 5.73 Å². The first-order chi connectivity index (χ1) is 7.49. The van der Waals surface area contributed by atoms with Crippen LogP contribution in [0.15, 0.2) is 11.0 Å². The fourth-order valence-electron chi connectivity index (χ4n) is 1.43. The second-order valence-electron chi connectivity index (χ2n) is 4.25. The molecule has 0 aliphatic heterocycles. The van der Waals surface area contributed by atoms with Gasteiger partial charge in [-0.25, -0.2) is 0 Å². The summed E-state index contributed by atoms with van der Waals surface area (Å²) in [6.45, 7) is 4.14. The first-order valence-corrected chi connectivity index (χ1v) is 5.34. The average Bonchev–Trinajstić information content (AvgIpc) is 2.15. The molecule has 0 radical (unpaired) electrons. The van der Waals surface area contributed by atoms with Crippen molar-refractivity contribution < 1.29 is 4.79 Å². The minimum atomic E-state index is -0.424. The minimum absolute atomic E-state index is 0.152. The van der Waals surface area contributed by atoms with Gasteiger partial charge in [0.15, 0.2) is 0 Å². The predicted molar refractivity (Wildman–Crippen MR) is 60.9 cm³/mol. The Balaban J connectivity index is 2.75. The second kappa shape index (κ2) is 5.44. The smallest absolute Gasteiger partial charge is 0.269 e. The molecule has 3 N–H and O–H groups in total. The molecule has 0 fully saturated rings. The summed E-state index contributed by atoms with van der Waals surface area (Å²) in [4.78, 5) is 29.0. The van der Waals surface area contributed by atoms with Crippen LogP contribution in [0.2, 0.25) is 0 Å². The lowest BCUT2D eigenvalue weighted by molar-refractivity contribution is -0.118. The highest BCUT2D eigenvalue weighted by molar-refractivity contribution is 5.73. The van der Waals surface area contributed by atoms with Gasteiger partial charge in [-0.3, -0.25) is 14.6 Å². The topological polar surface area (TPSA) is 88.8 Å². The lowest BCUT2D eigenvalue weighted by atomic mass is 10.1. The van der Waals surface area contributed by atoms with E-state index in [0.29, 0.717) is 18.0 Å². The lowest BCUT2D eigenvalue weighted by Crippen LogP contribution is -2.20. The van der Waals surface area contributed by atoms with Crippen LogP contribution < -0.4 is 11.3 Å². The molecule has 1 rings (SSSR count). The van der Waals surface area contributed by atoms with Crippen LogP contribution in [0.4, 0.5) is 0 Å². The zero-order valence-corrected chi connectivity index (χ0v) is 9.62. The van der Waals surface area contributed by atoms with Gasteiger partial charge in [0.2, 0.25) is 5.91 Å². The number of aromatic amines is 1. The molecule has 0 unspecified atom stereocenters. The van der Waals surface area contributed by atoms with Crippen molar-refractivity contribution in [3.05, 3.63) is 27.9 Å². The number of nitrogens with zero attached hydrogens (tertiary/aromatic N) is 1. The summed E-state index contributed by atoms with van der Waals surface area (Å²) in [6, 6.07) is 0. The van der Waals surface area contributed by atoms with Gasteiger partial charge in [-0.1, -0.05) is 13.8 Å². The van der Waals surface area contributed by atoms with Crippen molar-refractivity contribution in [1.29, 1.82) is 0 Å². The van der Waals surface area contributed by atoms with Crippen LogP contribution in [0.25, 0.3) is 0 Å². The zero-order chi connectivity index (χ0) is 12.1. The zero-order valence-electron chi connectivity index (χ0n) is 9.62. The van der Waals surface area contributed by atoms with Crippen LogP contribution in [0.5, 0.6) is 0 Å². The molecule has 1 amide bonds.